The molecular weight excluding hydrogens is 300 g/mol. The van der Waals surface area contributed by atoms with Crippen molar-refractivity contribution < 1.29 is 4.74 Å². The lowest BCUT2D eigenvalue weighted by molar-refractivity contribution is 0.242. The van der Waals surface area contributed by atoms with Crippen LogP contribution < -0.4 is 15.8 Å². The number of ether oxygens (including phenoxy) is 1. The summed E-state index contributed by atoms with van der Waals surface area (Å²) in [5, 5.41) is 3.15. The van der Waals surface area contributed by atoms with E-state index in [0.29, 0.717) is 11.9 Å². The first kappa shape index (κ1) is 18.6. The lowest BCUT2D eigenvalue weighted by atomic mass is 10.1. The Hall–Kier alpha value is -1.75. The van der Waals surface area contributed by atoms with Gasteiger partial charge in [-0.3, -0.25) is 4.99 Å². The van der Waals surface area contributed by atoms with Crippen LogP contribution in [0, 0.1) is 11.8 Å². The first-order valence-corrected chi connectivity index (χ1v) is 8.98. The quantitative estimate of drug-likeness (QED) is 0.595. The fourth-order valence-electron chi connectivity index (χ4n) is 3.05. The summed E-state index contributed by atoms with van der Waals surface area (Å²) in [4.78, 5) is 7.04. The Kier molecular flexibility index (Phi) is 6.91. The van der Waals surface area contributed by atoms with E-state index in [9.17, 15) is 0 Å². The van der Waals surface area contributed by atoms with Crippen molar-refractivity contribution in [2.24, 2.45) is 22.6 Å². The highest BCUT2D eigenvalue weighted by Crippen LogP contribution is 2.18. The van der Waals surface area contributed by atoms with Crippen molar-refractivity contribution in [3.8, 4) is 5.75 Å². The van der Waals surface area contributed by atoms with Crippen LogP contribution >= 0.6 is 0 Å². The van der Waals surface area contributed by atoms with Gasteiger partial charge in [-0.15, -0.1) is 0 Å². The molecule has 0 aromatic heterocycles. The van der Waals surface area contributed by atoms with Crippen molar-refractivity contribution in [2.75, 3.05) is 31.5 Å². The third kappa shape index (κ3) is 6.40. The summed E-state index contributed by atoms with van der Waals surface area (Å²) in [5.74, 6) is 2.68. The summed E-state index contributed by atoms with van der Waals surface area (Å²) in [6.45, 7) is 12.9. The monoisotopic (exact) mass is 332 g/mol. The van der Waals surface area contributed by atoms with Crippen molar-refractivity contribution in [1.82, 2.24) is 4.90 Å². The molecule has 0 spiro atoms. The number of rotatable bonds is 7. The van der Waals surface area contributed by atoms with E-state index < -0.39 is 0 Å². The molecule has 1 aromatic rings. The standard InChI is InChI=1S/C19H32N4O/c1-14(2)12-23-10-9-16(13-23)11-21-19(20)22-17-5-7-18(8-6-17)24-15(3)4/h5-8,14-16H,9-13H2,1-4H3,(H3,20,21,22). The minimum Gasteiger partial charge on any atom is -0.491 e. The average Bonchev–Trinajstić information content (AvgIpc) is 2.93. The van der Waals surface area contributed by atoms with Gasteiger partial charge >= 0.3 is 0 Å². The number of hydrogen-bond acceptors (Lipinski definition) is 3. The number of nitrogens with one attached hydrogen (secondary N) is 1. The molecule has 1 atom stereocenters. The van der Waals surface area contributed by atoms with Crippen LogP contribution in [-0.4, -0.2) is 43.1 Å². The highest BCUT2D eigenvalue weighted by atomic mass is 16.5. The first-order valence-electron chi connectivity index (χ1n) is 8.98. The van der Waals surface area contributed by atoms with E-state index in [1.165, 1.54) is 19.5 Å². The number of nitrogens with two attached hydrogens (primary N) is 1. The van der Waals surface area contributed by atoms with Crippen LogP contribution in [0.2, 0.25) is 0 Å². The minimum atomic E-state index is 0.178. The number of aliphatic imine (C=N–C) groups is 1. The summed E-state index contributed by atoms with van der Waals surface area (Å²) >= 11 is 0. The van der Waals surface area contributed by atoms with E-state index >= 15 is 0 Å². The normalized spacial score (nSPS) is 19.2. The molecule has 1 heterocycles. The van der Waals surface area contributed by atoms with Gasteiger partial charge in [0.2, 0.25) is 0 Å². The third-order valence-electron chi connectivity index (χ3n) is 4.01. The highest BCUT2D eigenvalue weighted by molar-refractivity contribution is 5.92. The molecule has 0 radical (unpaired) electrons. The second-order valence-electron chi connectivity index (χ2n) is 7.35. The van der Waals surface area contributed by atoms with E-state index in [1.807, 2.05) is 38.1 Å². The third-order valence-corrected chi connectivity index (χ3v) is 4.01. The van der Waals surface area contributed by atoms with Crippen LogP contribution in [0.4, 0.5) is 5.69 Å². The summed E-state index contributed by atoms with van der Waals surface area (Å²) in [7, 11) is 0. The number of anilines is 1. The zero-order valence-corrected chi connectivity index (χ0v) is 15.5. The van der Waals surface area contributed by atoms with Gasteiger partial charge in [0.1, 0.15) is 5.75 Å². The van der Waals surface area contributed by atoms with Crippen LogP contribution in [0.1, 0.15) is 34.1 Å². The summed E-state index contributed by atoms with van der Waals surface area (Å²) in [6.07, 6.45) is 1.39. The lowest BCUT2D eigenvalue weighted by Crippen LogP contribution is -2.26. The molecule has 1 unspecified atom stereocenters. The minimum absolute atomic E-state index is 0.178. The number of likely N-dealkylation sites (tertiary alicyclic amines) is 1. The van der Waals surface area contributed by atoms with Crippen LogP contribution in [0.15, 0.2) is 29.3 Å². The summed E-state index contributed by atoms with van der Waals surface area (Å²) in [5.41, 5.74) is 6.94. The Morgan fingerprint density at radius 2 is 2.00 bits per heavy atom. The van der Waals surface area contributed by atoms with E-state index in [4.69, 9.17) is 10.5 Å². The Balaban J connectivity index is 1.77. The molecular formula is C19H32N4O. The smallest absolute Gasteiger partial charge is 0.193 e. The Bertz CT molecular complexity index is 525. The Morgan fingerprint density at radius 1 is 1.29 bits per heavy atom. The van der Waals surface area contributed by atoms with E-state index in [0.717, 1.165) is 30.4 Å². The van der Waals surface area contributed by atoms with Gasteiger partial charge in [0.15, 0.2) is 5.96 Å². The molecule has 5 heteroatoms. The van der Waals surface area contributed by atoms with Crippen molar-refractivity contribution in [1.29, 1.82) is 0 Å². The van der Waals surface area contributed by atoms with Crippen molar-refractivity contribution in [3.63, 3.8) is 0 Å². The molecule has 1 aliphatic heterocycles. The van der Waals surface area contributed by atoms with Gasteiger partial charge in [-0.2, -0.15) is 0 Å². The second kappa shape index (κ2) is 8.92. The molecule has 3 N–H and O–H groups in total. The number of hydrogen-bond donors (Lipinski definition) is 2. The highest BCUT2D eigenvalue weighted by Gasteiger charge is 2.22. The number of benzene rings is 1. The SMILES string of the molecule is CC(C)CN1CCC(CN=C(N)Nc2ccc(OC(C)C)cc2)C1. The largest absolute Gasteiger partial charge is 0.491 e. The van der Waals surface area contributed by atoms with E-state index in [2.05, 4.69) is 29.1 Å². The maximum absolute atomic E-state index is 6.01. The molecule has 0 aliphatic carbocycles. The van der Waals surface area contributed by atoms with Crippen molar-refractivity contribution in [2.45, 2.75) is 40.2 Å². The zero-order chi connectivity index (χ0) is 17.5. The topological polar surface area (TPSA) is 62.9 Å². The molecule has 1 aromatic carbocycles. The van der Waals surface area contributed by atoms with E-state index in [-0.39, 0.29) is 6.10 Å². The maximum Gasteiger partial charge on any atom is 0.193 e. The van der Waals surface area contributed by atoms with Gasteiger partial charge in [0, 0.05) is 25.3 Å². The molecule has 1 fully saturated rings. The van der Waals surface area contributed by atoms with Gasteiger partial charge in [-0.1, -0.05) is 13.8 Å². The molecule has 0 bridgehead atoms. The summed E-state index contributed by atoms with van der Waals surface area (Å²) < 4.78 is 5.63. The molecule has 1 aliphatic rings. The average molecular weight is 332 g/mol. The van der Waals surface area contributed by atoms with Gasteiger partial charge in [0.05, 0.1) is 6.10 Å². The molecule has 0 saturated carbocycles. The first-order chi connectivity index (χ1) is 11.4. The number of nitrogens with zero attached hydrogens (tertiary/aromatic N) is 2. The van der Waals surface area contributed by atoms with Gasteiger partial charge in [-0.25, -0.2) is 0 Å². The molecule has 134 valence electrons. The van der Waals surface area contributed by atoms with E-state index in [1.54, 1.807) is 0 Å². The summed E-state index contributed by atoms with van der Waals surface area (Å²) in [6, 6.07) is 7.80. The van der Waals surface area contributed by atoms with Crippen molar-refractivity contribution in [3.05, 3.63) is 24.3 Å². The van der Waals surface area contributed by atoms with Crippen molar-refractivity contribution >= 4 is 11.6 Å². The zero-order valence-electron chi connectivity index (χ0n) is 15.5. The van der Waals surface area contributed by atoms with Gasteiger partial charge in [0.25, 0.3) is 0 Å². The number of guanidine groups is 1. The fourth-order valence-corrected chi connectivity index (χ4v) is 3.05. The van der Waals surface area contributed by atoms with Gasteiger partial charge < -0.3 is 20.7 Å². The maximum atomic E-state index is 6.01. The molecule has 24 heavy (non-hydrogen) atoms. The fraction of sp³-hybridized carbons (Fsp3) is 0.632. The Labute approximate surface area is 146 Å². The molecule has 1 saturated heterocycles. The molecule has 0 amide bonds. The molecule has 5 nitrogen and oxygen atoms in total. The second-order valence-corrected chi connectivity index (χ2v) is 7.35. The predicted molar refractivity (Wildman–Crippen MR) is 102 cm³/mol. The van der Waals surface area contributed by atoms with Gasteiger partial charge in [-0.05, 0) is 62.9 Å². The predicted octanol–water partition coefficient (Wildman–Crippen LogP) is 3.18. The van der Waals surface area contributed by atoms with Crippen LogP contribution in [-0.2, 0) is 0 Å². The Morgan fingerprint density at radius 3 is 2.62 bits per heavy atom. The lowest BCUT2D eigenvalue weighted by Gasteiger charge is -2.17. The molecule has 2 rings (SSSR count). The van der Waals surface area contributed by atoms with Crippen LogP contribution in [0.3, 0.4) is 0 Å². The van der Waals surface area contributed by atoms with Crippen LogP contribution in [0.5, 0.6) is 5.75 Å². The van der Waals surface area contributed by atoms with Crippen LogP contribution in [0.25, 0.3) is 0 Å².